The highest BCUT2D eigenvalue weighted by Crippen LogP contribution is 2.23. The smallest absolute Gasteiger partial charge is 0.255 e. The molecule has 25 heavy (non-hydrogen) atoms. The first-order chi connectivity index (χ1) is 12.2. The maximum Gasteiger partial charge on any atom is 0.255 e. The molecule has 0 aliphatic rings. The Labute approximate surface area is 147 Å². The number of pyridine rings is 1. The topological polar surface area (TPSA) is 59.8 Å². The van der Waals surface area contributed by atoms with E-state index in [-0.39, 0.29) is 11.9 Å². The summed E-state index contributed by atoms with van der Waals surface area (Å²) in [5.41, 5.74) is 2.94. The van der Waals surface area contributed by atoms with Gasteiger partial charge in [0.25, 0.3) is 5.91 Å². The maximum absolute atomic E-state index is 12.8. The Morgan fingerprint density at radius 3 is 2.52 bits per heavy atom. The average Bonchev–Trinajstić information content (AvgIpc) is 3.13. The number of hydrogen-bond donors (Lipinski definition) is 1. The molecule has 2 aromatic heterocycles. The van der Waals surface area contributed by atoms with Crippen LogP contribution in [0.1, 0.15) is 37.0 Å². The van der Waals surface area contributed by atoms with E-state index in [1.807, 2.05) is 42.5 Å². The number of para-hydroxylation sites is 1. The lowest BCUT2D eigenvalue weighted by molar-refractivity contribution is 0.0935. The molecule has 3 rings (SSSR count). The summed E-state index contributed by atoms with van der Waals surface area (Å²) < 4.78 is 1.74. The number of carbonyl (C=O) groups excluding carboxylic acids is 1. The monoisotopic (exact) mass is 334 g/mol. The SMILES string of the molecule is CCC(CC)NC(=O)c1cn(-c2ccccc2)nc1-c1cccnc1. The summed E-state index contributed by atoms with van der Waals surface area (Å²) in [6.07, 6.45) is 7.02. The third-order valence-corrected chi connectivity index (χ3v) is 4.24. The van der Waals surface area contributed by atoms with Crippen LogP contribution in [0.3, 0.4) is 0 Å². The molecular weight excluding hydrogens is 312 g/mol. The van der Waals surface area contributed by atoms with Crippen LogP contribution in [0.15, 0.2) is 61.1 Å². The minimum absolute atomic E-state index is 0.102. The van der Waals surface area contributed by atoms with Crippen LogP contribution in [0.5, 0.6) is 0 Å². The minimum atomic E-state index is -0.102. The zero-order valence-electron chi connectivity index (χ0n) is 14.5. The first-order valence-electron chi connectivity index (χ1n) is 8.59. The van der Waals surface area contributed by atoms with Crippen molar-refractivity contribution in [3.05, 3.63) is 66.6 Å². The van der Waals surface area contributed by atoms with Gasteiger partial charge in [0.05, 0.1) is 11.3 Å². The molecule has 0 bridgehead atoms. The van der Waals surface area contributed by atoms with Gasteiger partial charge in [0.2, 0.25) is 0 Å². The number of rotatable bonds is 6. The van der Waals surface area contributed by atoms with Crippen LogP contribution in [0.4, 0.5) is 0 Å². The van der Waals surface area contributed by atoms with E-state index in [9.17, 15) is 4.79 Å². The predicted molar refractivity (Wildman–Crippen MR) is 98.6 cm³/mol. The van der Waals surface area contributed by atoms with E-state index in [0.717, 1.165) is 24.1 Å². The summed E-state index contributed by atoms with van der Waals surface area (Å²) in [5, 5.41) is 7.74. The Balaban J connectivity index is 2.03. The molecule has 5 nitrogen and oxygen atoms in total. The highest BCUT2D eigenvalue weighted by Gasteiger charge is 2.20. The van der Waals surface area contributed by atoms with Crippen molar-refractivity contribution in [3.63, 3.8) is 0 Å². The first kappa shape index (κ1) is 16.9. The minimum Gasteiger partial charge on any atom is -0.349 e. The van der Waals surface area contributed by atoms with Crippen LogP contribution in [0.2, 0.25) is 0 Å². The van der Waals surface area contributed by atoms with E-state index in [1.165, 1.54) is 0 Å². The summed E-state index contributed by atoms with van der Waals surface area (Å²) in [4.78, 5) is 17.0. The van der Waals surface area contributed by atoms with Crippen LogP contribution < -0.4 is 5.32 Å². The van der Waals surface area contributed by atoms with Crippen LogP contribution in [-0.2, 0) is 0 Å². The molecular formula is C20H22N4O. The number of benzene rings is 1. The largest absolute Gasteiger partial charge is 0.349 e. The molecule has 1 amide bonds. The number of hydrogen-bond acceptors (Lipinski definition) is 3. The van der Waals surface area contributed by atoms with Crippen molar-refractivity contribution in [3.8, 4) is 16.9 Å². The Morgan fingerprint density at radius 2 is 1.88 bits per heavy atom. The lowest BCUT2D eigenvalue weighted by atomic mass is 10.1. The molecule has 128 valence electrons. The van der Waals surface area contributed by atoms with Gasteiger partial charge in [-0.15, -0.1) is 0 Å². The Hall–Kier alpha value is -2.95. The summed E-state index contributed by atoms with van der Waals surface area (Å²) in [7, 11) is 0. The molecule has 1 aromatic carbocycles. The first-order valence-corrected chi connectivity index (χ1v) is 8.59. The molecule has 0 aliphatic carbocycles. The van der Waals surface area contributed by atoms with Crippen molar-refractivity contribution in [1.82, 2.24) is 20.1 Å². The van der Waals surface area contributed by atoms with E-state index in [2.05, 4.69) is 29.2 Å². The zero-order valence-corrected chi connectivity index (χ0v) is 14.5. The maximum atomic E-state index is 12.8. The number of nitrogens with one attached hydrogen (secondary N) is 1. The standard InChI is InChI=1S/C20H22N4O/c1-3-16(4-2)22-20(25)18-14-24(17-10-6-5-7-11-17)23-19(18)15-9-8-12-21-13-15/h5-14,16H,3-4H2,1-2H3,(H,22,25). The van der Waals surface area contributed by atoms with Crippen molar-refractivity contribution in [2.24, 2.45) is 0 Å². The molecule has 3 aromatic rings. The van der Waals surface area contributed by atoms with Crippen LogP contribution >= 0.6 is 0 Å². The van der Waals surface area contributed by atoms with Crippen LogP contribution in [-0.4, -0.2) is 26.7 Å². The van der Waals surface area contributed by atoms with Gasteiger partial charge in [-0.2, -0.15) is 5.10 Å². The fourth-order valence-electron chi connectivity index (χ4n) is 2.73. The lowest BCUT2D eigenvalue weighted by Gasteiger charge is -2.14. The normalized spacial score (nSPS) is 10.8. The molecule has 0 radical (unpaired) electrons. The molecule has 1 N–H and O–H groups in total. The van der Waals surface area contributed by atoms with Gasteiger partial charge < -0.3 is 5.32 Å². The summed E-state index contributed by atoms with van der Waals surface area (Å²) in [5.74, 6) is -0.102. The third-order valence-electron chi connectivity index (χ3n) is 4.24. The molecule has 5 heteroatoms. The van der Waals surface area contributed by atoms with E-state index < -0.39 is 0 Å². The fourth-order valence-corrected chi connectivity index (χ4v) is 2.73. The highest BCUT2D eigenvalue weighted by molar-refractivity contribution is 6.00. The molecule has 0 unspecified atom stereocenters. The Bertz CT molecular complexity index is 823. The second-order valence-electron chi connectivity index (χ2n) is 5.90. The van der Waals surface area contributed by atoms with Crippen molar-refractivity contribution in [2.45, 2.75) is 32.7 Å². The second kappa shape index (κ2) is 7.75. The fraction of sp³-hybridized carbons (Fsp3) is 0.250. The van der Waals surface area contributed by atoms with Gasteiger partial charge in [-0.05, 0) is 37.1 Å². The van der Waals surface area contributed by atoms with Crippen molar-refractivity contribution in [2.75, 3.05) is 0 Å². The van der Waals surface area contributed by atoms with Gasteiger partial charge in [-0.1, -0.05) is 32.0 Å². The van der Waals surface area contributed by atoms with Gasteiger partial charge >= 0.3 is 0 Å². The van der Waals surface area contributed by atoms with E-state index in [0.29, 0.717) is 11.3 Å². The highest BCUT2D eigenvalue weighted by atomic mass is 16.1. The van der Waals surface area contributed by atoms with E-state index >= 15 is 0 Å². The molecule has 0 saturated carbocycles. The Kier molecular flexibility index (Phi) is 5.23. The number of amides is 1. The van der Waals surface area contributed by atoms with Crippen LogP contribution in [0, 0.1) is 0 Å². The Morgan fingerprint density at radius 1 is 1.12 bits per heavy atom. The molecule has 2 heterocycles. The summed E-state index contributed by atoms with van der Waals surface area (Å²) >= 11 is 0. The second-order valence-corrected chi connectivity index (χ2v) is 5.90. The molecule has 0 saturated heterocycles. The molecule has 0 atom stereocenters. The summed E-state index contributed by atoms with van der Waals surface area (Å²) in [6, 6.07) is 13.7. The van der Waals surface area contributed by atoms with Crippen molar-refractivity contribution in [1.29, 1.82) is 0 Å². The zero-order chi connectivity index (χ0) is 17.6. The average molecular weight is 334 g/mol. The van der Waals surface area contributed by atoms with Crippen molar-refractivity contribution >= 4 is 5.91 Å². The number of carbonyl (C=O) groups is 1. The third kappa shape index (κ3) is 3.76. The van der Waals surface area contributed by atoms with Gasteiger partial charge in [0, 0.05) is 30.2 Å². The van der Waals surface area contributed by atoms with Crippen LogP contribution in [0.25, 0.3) is 16.9 Å². The quantitative estimate of drug-likeness (QED) is 0.745. The van der Waals surface area contributed by atoms with E-state index in [1.54, 1.807) is 23.3 Å². The van der Waals surface area contributed by atoms with Crippen molar-refractivity contribution < 1.29 is 4.79 Å². The number of nitrogens with zero attached hydrogens (tertiary/aromatic N) is 3. The van der Waals surface area contributed by atoms with Gasteiger partial charge in [-0.25, -0.2) is 4.68 Å². The van der Waals surface area contributed by atoms with E-state index in [4.69, 9.17) is 0 Å². The van der Waals surface area contributed by atoms with Gasteiger partial charge in [0.1, 0.15) is 5.69 Å². The molecule has 0 fully saturated rings. The summed E-state index contributed by atoms with van der Waals surface area (Å²) in [6.45, 7) is 4.15. The van der Waals surface area contributed by atoms with Gasteiger partial charge in [-0.3, -0.25) is 9.78 Å². The molecule has 0 spiro atoms. The van der Waals surface area contributed by atoms with Gasteiger partial charge in [0.15, 0.2) is 0 Å². The number of aromatic nitrogens is 3. The lowest BCUT2D eigenvalue weighted by Crippen LogP contribution is -2.33. The molecule has 0 aliphatic heterocycles. The predicted octanol–water partition coefficient (Wildman–Crippen LogP) is 3.85.